The molecule has 122 valence electrons. The standard InChI is InChI=1S/C15H25N5O2/c1-10(2)20-7-3-4-11(9-20)15(22)17-6-5-13-18-12(16)8-14(21)19-13/h8,10-11H,3-7,9H2,1-2H3,(H,17,22)(H3,16,18,19,21). The molecule has 1 atom stereocenters. The van der Waals surface area contributed by atoms with Crippen LogP contribution in [0.5, 0.6) is 0 Å². The molecule has 0 aromatic carbocycles. The summed E-state index contributed by atoms with van der Waals surface area (Å²) in [6, 6.07) is 1.71. The van der Waals surface area contributed by atoms with Gasteiger partial charge in [-0.25, -0.2) is 4.98 Å². The maximum Gasteiger partial charge on any atom is 0.252 e. The molecule has 2 rings (SSSR count). The fourth-order valence-corrected chi connectivity index (χ4v) is 2.78. The summed E-state index contributed by atoms with van der Waals surface area (Å²) in [5, 5.41) is 2.93. The van der Waals surface area contributed by atoms with Crippen molar-refractivity contribution in [1.29, 1.82) is 0 Å². The summed E-state index contributed by atoms with van der Waals surface area (Å²) >= 11 is 0. The van der Waals surface area contributed by atoms with Gasteiger partial charge in [0.05, 0.1) is 5.92 Å². The molecule has 0 aliphatic carbocycles. The molecule has 1 aromatic heterocycles. The number of nitrogens with zero attached hydrogens (tertiary/aromatic N) is 2. The second-order valence-corrected chi connectivity index (χ2v) is 6.09. The van der Waals surface area contributed by atoms with Crippen molar-refractivity contribution in [2.45, 2.75) is 39.2 Å². The van der Waals surface area contributed by atoms with E-state index in [0.717, 1.165) is 25.9 Å². The molecule has 22 heavy (non-hydrogen) atoms. The van der Waals surface area contributed by atoms with E-state index in [2.05, 4.69) is 34.0 Å². The quantitative estimate of drug-likeness (QED) is 0.717. The molecule has 2 heterocycles. The maximum atomic E-state index is 12.2. The van der Waals surface area contributed by atoms with E-state index in [9.17, 15) is 9.59 Å². The number of nitrogens with one attached hydrogen (secondary N) is 2. The van der Waals surface area contributed by atoms with E-state index in [-0.39, 0.29) is 23.2 Å². The minimum atomic E-state index is -0.270. The van der Waals surface area contributed by atoms with Gasteiger partial charge in [0.15, 0.2) is 0 Å². The third kappa shape index (κ3) is 4.56. The lowest BCUT2D eigenvalue weighted by atomic mass is 9.96. The van der Waals surface area contributed by atoms with Crippen LogP contribution in [0.3, 0.4) is 0 Å². The van der Waals surface area contributed by atoms with E-state index < -0.39 is 0 Å². The van der Waals surface area contributed by atoms with Gasteiger partial charge in [-0.05, 0) is 33.2 Å². The van der Waals surface area contributed by atoms with E-state index >= 15 is 0 Å². The van der Waals surface area contributed by atoms with Crippen LogP contribution < -0.4 is 16.6 Å². The number of likely N-dealkylation sites (tertiary alicyclic amines) is 1. The van der Waals surface area contributed by atoms with Crippen LogP contribution in [-0.4, -0.2) is 46.5 Å². The largest absolute Gasteiger partial charge is 0.383 e. The third-order valence-electron chi connectivity index (χ3n) is 4.03. The lowest BCUT2D eigenvalue weighted by Crippen LogP contribution is -2.45. The highest BCUT2D eigenvalue weighted by Gasteiger charge is 2.26. The molecule has 1 unspecified atom stereocenters. The molecule has 1 fully saturated rings. The summed E-state index contributed by atoms with van der Waals surface area (Å²) < 4.78 is 0. The SMILES string of the molecule is CC(C)N1CCCC(C(=O)NCCc2nc(N)cc(=O)[nH]2)C1. The molecule has 0 bridgehead atoms. The van der Waals surface area contributed by atoms with Crippen LogP contribution in [0.25, 0.3) is 0 Å². The smallest absolute Gasteiger partial charge is 0.252 e. The molecule has 7 nitrogen and oxygen atoms in total. The number of piperidine rings is 1. The zero-order valence-electron chi connectivity index (χ0n) is 13.3. The van der Waals surface area contributed by atoms with Crippen molar-refractivity contribution in [2.24, 2.45) is 5.92 Å². The minimum Gasteiger partial charge on any atom is -0.383 e. The zero-order valence-corrected chi connectivity index (χ0v) is 13.3. The summed E-state index contributed by atoms with van der Waals surface area (Å²) in [6.45, 7) is 6.64. The van der Waals surface area contributed by atoms with E-state index in [1.807, 2.05) is 0 Å². The van der Waals surface area contributed by atoms with Crippen LogP contribution in [0.1, 0.15) is 32.5 Å². The van der Waals surface area contributed by atoms with Crippen molar-refractivity contribution >= 4 is 11.7 Å². The minimum absolute atomic E-state index is 0.0454. The molecule has 0 spiro atoms. The predicted molar refractivity (Wildman–Crippen MR) is 85.4 cm³/mol. The summed E-state index contributed by atoms with van der Waals surface area (Å²) in [5.41, 5.74) is 5.26. The average Bonchev–Trinajstić information content (AvgIpc) is 2.46. The van der Waals surface area contributed by atoms with Gasteiger partial charge in [-0.15, -0.1) is 0 Å². The van der Waals surface area contributed by atoms with Crippen LogP contribution in [-0.2, 0) is 11.2 Å². The van der Waals surface area contributed by atoms with E-state index in [0.29, 0.717) is 24.8 Å². The molecular weight excluding hydrogens is 282 g/mol. The molecular formula is C15H25N5O2. The van der Waals surface area contributed by atoms with Gasteiger partial charge >= 0.3 is 0 Å². The number of rotatable bonds is 5. The van der Waals surface area contributed by atoms with Crippen LogP contribution in [0.4, 0.5) is 5.82 Å². The molecule has 7 heteroatoms. The Morgan fingerprint density at radius 3 is 3.05 bits per heavy atom. The first kappa shape index (κ1) is 16.5. The molecule has 1 aliphatic rings. The van der Waals surface area contributed by atoms with Crippen molar-refractivity contribution < 1.29 is 4.79 Å². The van der Waals surface area contributed by atoms with Crippen molar-refractivity contribution in [3.63, 3.8) is 0 Å². The second kappa shape index (κ2) is 7.40. The number of H-pyrrole nitrogens is 1. The molecule has 1 amide bonds. The zero-order chi connectivity index (χ0) is 16.1. The Labute approximate surface area is 130 Å². The molecule has 1 aliphatic heterocycles. The first-order valence-corrected chi connectivity index (χ1v) is 7.83. The fraction of sp³-hybridized carbons (Fsp3) is 0.667. The van der Waals surface area contributed by atoms with Crippen LogP contribution >= 0.6 is 0 Å². The number of hydrogen-bond donors (Lipinski definition) is 3. The third-order valence-corrected chi connectivity index (χ3v) is 4.03. The van der Waals surface area contributed by atoms with E-state index in [1.54, 1.807) is 0 Å². The number of carbonyl (C=O) groups excluding carboxylic acids is 1. The normalized spacial score (nSPS) is 19.3. The second-order valence-electron chi connectivity index (χ2n) is 6.09. The molecule has 4 N–H and O–H groups in total. The Balaban J connectivity index is 1.81. The van der Waals surface area contributed by atoms with Gasteiger partial charge in [-0.1, -0.05) is 0 Å². The Kier molecular flexibility index (Phi) is 5.54. The monoisotopic (exact) mass is 307 g/mol. The molecule has 0 saturated carbocycles. The van der Waals surface area contributed by atoms with Crippen LogP contribution in [0.2, 0.25) is 0 Å². The molecule has 0 radical (unpaired) electrons. The Hall–Kier alpha value is -1.89. The van der Waals surface area contributed by atoms with Gasteiger partial charge in [0.25, 0.3) is 5.56 Å². The lowest BCUT2D eigenvalue weighted by molar-refractivity contribution is -0.126. The highest BCUT2D eigenvalue weighted by molar-refractivity contribution is 5.78. The van der Waals surface area contributed by atoms with Gasteiger partial charge in [-0.2, -0.15) is 0 Å². The molecule has 1 saturated heterocycles. The van der Waals surface area contributed by atoms with Gasteiger partial charge in [0, 0.05) is 31.6 Å². The number of amides is 1. The first-order chi connectivity index (χ1) is 10.5. The summed E-state index contributed by atoms with van der Waals surface area (Å²) in [6.07, 6.45) is 2.45. The van der Waals surface area contributed by atoms with E-state index in [4.69, 9.17) is 5.73 Å². The molecule has 1 aromatic rings. The summed E-state index contributed by atoms with van der Waals surface area (Å²) in [4.78, 5) is 32.5. The van der Waals surface area contributed by atoms with Crippen LogP contribution in [0, 0.1) is 5.92 Å². The number of aromatic nitrogens is 2. The van der Waals surface area contributed by atoms with Gasteiger partial charge in [0.2, 0.25) is 5.91 Å². The highest BCUT2D eigenvalue weighted by Crippen LogP contribution is 2.18. The van der Waals surface area contributed by atoms with Gasteiger partial charge in [-0.3, -0.25) is 9.59 Å². The number of aromatic amines is 1. The Morgan fingerprint density at radius 2 is 2.36 bits per heavy atom. The Bertz CT molecular complexity index is 569. The number of carbonyl (C=O) groups is 1. The predicted octanol–water partition coefficient (Wildman–Crippen LogP) is 0.131. The topological polar surface area (TPSA) is 104 Å². The lowest BCUT2D eigenvalue weighted by Gasteiger charge is -2.34. The summed E-state index contributed by atoms with van der Waals surface area (Å²) in [7, 11) is 0. The van der Waals surface area contributed by atoms with Crippen molar-refractivity contribution in [3.8, 4) is 0 Å². The Morgan fingerprint density at radius 1 is 1.59 bits per heavy atom. The maximum absolute atomic E-state index is 12.2. The first-order valence-electron chi connectivity index (χ1n) is 7.83. The number of nitrogen functional groups attached to an aromatic ring is 1. The highest BCUT2D eigenvalue weighted by atomic mass is 16.2. The van der Waals surface area contributed by atoms with Crippen LogP contribution in [0.15, 0.2) is 10.9 Å². The number of nitrogens with two attached hydrogens (primary N) is 1. The van der Waals surface area contributed by atoms with Gasteiger partial charge in [0.1, 0.15) is 11.6 Å². The average molecular weight is 307 g/mol. The number of hydrogen-bond acceptors (Lipinski definition) is 5. The van der Waals surface area contributed by atoms with Crippen molar-refractivity contribution in [2.75, 3.05) is 25.4 Å². The fourth-order valence-electron chi connectivity index (χ4n) is 2.78. The van der Waals surface area contributed by atoms with E-state index in [1.165, 1.54) is 6.07 Å². The van der Waals surface area contributed by atoms with Crippen molar-refractivity contribution in [3.05, 3.63) is 22.2 Å². The van der Waals surface area contributed by atoms with Crippen molar-refractivity contribution in [1.82, 2.24) is 20.2 Å². The number of anilines is 1. The summed E-state index contributed by atoms with van der Waals surface area (Å²) in [5.74, 6) is 0.822. The van der Waals surface area contributed by atoms with Gasteiger partial charge < -0.3 is 20.9 Å².